The van der Waals surface area contributed by atoms with Gasteiger partial charge in [-0.05, 0) is 59.7 Å². The molecule has 0 aliphatic heterocycles. The second-order valence-corrected chi connectivity index (χ2v) is 9.35. The largest absolute Gasteiger partial charge is 0.497 e. The van der Waals surface area contributed by atoms with Gasteiger partial charge in [0.1, 0.15) is 11.5 Å². The molecule has 7 heteroatoms. The number of fused-ring (bicyclic) bond motifs is 3. The van der Waals surface area contributed by atoms with E-state index in [2.05, 4.69) is 16.7 Å². The van der Waals surface area contributed by atoms with Crippen molar-refractivity contribution in [1.29, 1.82) is 0 Å². The van der Waals surface area contributed by atoms with Crippen molar-refractivity contribution < 1.29 is 23.8 Å². The first-order valence-electron chi connectivity index (χ1n) is 10.3. The van der Waals surface area contributed by atoms with Gasteiger partial charge in [-0.15, -0.1) is 0 Å². The molecule has 0 unspecified atom stereocenters. The number of hydrogen-bond donors (Lipinski definition) is 2. The fourth-order valence-electron chi connectivity index (χ4n) is 4.18. The molecular formula is C26H22NO5P. The van der Waals surface area contributed by atoms with Crippen LogP contribution in [0.15, 0.2) is 84.9 Å². The lowest BCUT2D eigenvalue weighted by Crippen LogP contribution is -2.03. The molecule has 1 aromatic heterocycles. The van der Waals surface area contributed by atoms with Crippen LogP contribution in [0.3, 0.4) is 0 Å². The SMILES string of the molecule is COc1ccc2c3ccc(OC)cc3n(-c3ccc(-c4cccc(P(=O)(O)O)c4)cc3)c2c1. The average molecular weight is 459 g/mol. The van der Waals surface area contributed by atoms with E-state index in [4.69, 9.17) is 9.47 Å². The maximum Gasteiger partial charge on any atom is 0.356 e. The van der Waals surface area contributed by atoms with E-state index in [-0.39, 0.29) is 5.30 Å². The lowest BCUT2D eigenvalue weighted by atomic mass is 10.1. The van der Waals surface area contributed by atoms with Crippen molar-refractivity contribution in [3.63, 3.8) is 0 Å². The van der Waals surface area contributed by atoms with Crippen molar-refractivity contribution in [2.75, 3.05) is 14.2 Å². The number of benzene rings is 4. The van der Waals surface area contributed by atoms with Gasteiger partial charge in [0, 0.05) is 28.6 Å². The maximum absolute atomic E-state index is 11.7. The van der Waals surface area contributed by atoms with Gasteiger partial charge in [-0.3, -0.25) is 4.57 Å². The molecule has 166 valence electrons. The molecule has 6 nitrogen and oxygen atoms in total. The molecule has 1 heterocycles. The van der Waals surface area contributed by atoms with Gasteiger partial charge in [0.2, 0.25) is 0 Å². The molecule has 0 saturated heterocycles. The Morgan fingerprint density at radius 3 is 1.79 bits per heavy atom. The van der Waals surface area contributed by atoms with Crippen molar-refractivity contribution >= 4 is 34.7 Å². The van der Waals surface area contributed by atoms with Gasteiger partial charge in [-0.1, -0.05) is 24.3 Å². The van der Waals surface area contributed by atoms with Gasteiger partial charge in [-0.2, -0.15) is 0 Å². The molecule has 0 saturated carbocycles. The maximum atomic E-state index is 11.7. The first-order valence-corrected chi connectivity index (χ1v) is 11.9. The summed E-state index contributed by atoms with van der Waals surface area (Å²) in [6.45, 7) is 0. The average Bonchev–Trinajstić information content (AvgIpc) is 3.16. The Balaban J connectivity index is 1.68. The molecular weight excluding hydrogens is 437 g/mol. The molecule has 5 rings (SSSR count). The summed E-state index contributed by atoms with van der Waals surface area (Å²) in [5.74, 6) is 1.54. The minimum atomic E-state index is -4.31. The number of hydrogen-bond acceptors (Lipinski definition) is 3. The lowest BCUT2D eigenvalue weighted by molar-refractivity contribution is 0.387. The summed E-state index contributed by atoms with van der Waals surface area (Å²) in [6, 6.07) is 26.4. The van der Waals surface area contributed by atoms with Crippen LogP contribution in [0.2, 0.25) is 0 Å². The van der Waals surface area contributed by atoms with Crippen LogP contribution in [0.4, 0.5) is 0 Å². The van der Waals surface area contributed by atoms with Crippen LogP contribution in [-0.4, -0.2) is 28.6 Å². The first-order chi connectivity index (χ1) is 15.9. The van der Waals surface area contributed by atoms with Crippen LogP contribution in [0, 0.1) is 0 Å². The van der Waals surface area contributed by atoms with Crippen molar-refractivity contribution in [3.05, 3.63) is 84.9 Å². The van der Waals surface area contributed by atoms with Crippen LogP contribution < -0.4 is 14.8 Å². The molecule has 5 aromatic rings. The molecule has 33 heavy (non-hydrogen) atoms. The quantitative estimate of drug-likeness (QED) is 0.350. The minimum absolute atomic E-state index is 0.00524. The Hall–Kier alpha value is -3.57. The summed E-state index contributed by atoms with van der Waals surface area (Å²) >= 11 is 0. The van der Waals surface area contributed by atoms with Crippen LogP contribution in [0.1, 0.15) is 0 Å². The molecule has 4 aromatic carbocycles. The highest BCUT2D eigenvalue weighted by molar-refractivity contribution is 7.60. The van der Waals surface area contributed by atoms with E-state index in [1.54, 1.807) is 20.3 Å². The standard InChI is InChI=1S/C26H22NO5P/c1-31-20-10-12-23-24-13-11-21(32-2)16-26(24)27(25(23)15-20)19-8-6-17(7-9-19)18-4-3-5-22(14-18)33(28,29)30/h3-16H,1-2H3,(H2,28,29,30). The van der Waals surface area contributed by atoms with Gasteiger partial charge < -0.3 is 23.8 Å². The zero-order valence-electron chi connectivity index (χ0n) is 18.1. The second kappa shape index (κ2) is 8.09. The van der Waals surface area contributed by atoms with Crippen LogP contribution >= 0.6 is 7.60 Å². The van der Waals surface area contributed by atoms with Gasteiger partial charge >= 0.3 is 7.60 Å². The second-order valence-electron chi connectivity index (χ2n) is 7.74. The third-order valence-electron chi connectivity index (χ3n) is 5.82. The van der Waals surface area contributed by atoms with Crippen molar-refractivity contribution in [2.24, 2.45) is 0 Å². The Kier molecular flexibility index (Phi) is 5.22. The predicted octanol–water partition coefficient (Wildman–Crippen LogP) is 5.27. The van der Waals surface area contributed by atoms with Gasteiger partial charge in [0.25, 0.3) is 0 Å². The van der Waals surface area contributed by atoms with Crippen molar-refractivity contribution in [3.8, 4) is 28.3 Å². The minimum Gasteiger partial charge on any atom is -0.497 e. The summed E-state index contributed by atoms with van der Waals surface area (Å²) in [7, 11) is -1.01. The summed E-state index contributed by atoms with van der Waals surface area (Å²) in [4.78, 5) is 19.0. The highest BCUT2D eigenvalue weighted by atomic mass is 31.2. The smallest absolute Gasteiger partial charge is 0.356 e. The normalized spacial score (nSPS) is 11.8. The number of ether oxygens (including phenoxy) is 2. The first kappa shape index (κ1) is 21.3. The van der Waals surface area contributed by atoms with Gasteiger partial charge in [0.05, 0.1) is 30.6 Å². The van der Waals surface area contributed by atoms with E-state index in [0.717, 1.165) is 50.1 Å². The van der Waals surface area contributed by atoms with Crippen LogP contribution in [-0.2, 0) is 4.57 Å². The zero-order chi connectivity index (χ0) is 23.2. The summed E-state index contributed by atoms with van der Waals surface area (Å²) in [6.07, 6.45) is 0. The molecule has 0 aliphatic rings. The number of nitrogens with zero attached hydrogens (tertiary/aromatic N) is 1. The monoisotopic (exact) mass is 459 g/mol. The number of rotatable bonds is 5. The molecule has 0 atom stereocenters. The molecule has 0 amide bonds. The van der Waals surface area contributed by atoms with E-state index < -0.39 is 7.60 Å². The summed E-state index contributed by atoms with van der Waals surface area (Å²) < 4.78 is 24.7. The Bertz CT molecular complexity index is 1470. The van der Waals surface area contributed by atoms with E-state index in [0.29, 0.717) is 0 Å². The third kappa shape index (κ3) is 3.79. The zero-order valence-corrected chi connectivity index (χ0v) is 19.0. The summed E-state index contributed by atoms with van der Waals surface area (Å²) in [5.41, 5.74) is 4.58. The van der Waals surface area contributed by atoms with Gasteiger partial charge in [-0.25, -0.2) is 0 Å². The van der Waals surface area contributed by atoms with Crippen LogP contribution in [0.5, 0.6) is 11.5 Å². The number of methoxy groups -OCH3 is 2. The highest BCUT2D eigenvalue weighted by Gasteiger charge is 2.18. The fraction of sp³-hybridized carbons (Fsp3) is 0.0769. The molecule has 0 fully saturated rings. The highest BCUT2D eigenvalue weighted by Crippen LogP contribution is 2.37. The Morgan fingerprint density at radius 1 is 0.697 bits per heavy atom. The van der Waals surface area contributed by atoms with E-state index >= 15 is 0 Å². The van der Waals surface area contributed by atoms with Gasteiger partial charge in [0.15, 0.2) is 0 Å². The Morgan fingerprint density at radius 2 is 1.27 bits per heavy atom. The molecule has 0 aliphatic carbocycles. The van der Waals surface area contributed by atoms with E-state index in [9.17, 15) is 14.4 Å². The fourth-order valence-corrected chi connectivity index (χ4v) is 4.77. The van der Waals surface area contributed by atoms with E-state index in [1.807, 2.05) is 54.6 Å². The molecule has 0 radical (unpaired) electrons. The third-order valence-corrected chi connectivity index (χ3v) is 6.77. The topological polar surface area (TPSA) is 80.9 Å². The van der Waals surface area contributed by atoms with Crippen molar-refractivity contribution in [2.45, 2.75) is 0 Å². The molecule has 0 spiro atoms. The predicted molar refractivity (Wildman–Crippen MR) is 131 cm³/mol. The Labute approximate surface area is 190 Å². The van der Waals surface area contributed by atoms with Crippen LogP contribution in [0.25, 0.3) is 38.6 Å². The van der Waals surface area contributed by atoms with E-state index in [1.165, 1.54) is 12.1 Å². The molecule has 0 bridgehead atoms. The number of aromatic nitrogens is 1. The lowest BCUT2D eigenvalue weighted by Gasteiger charge is -2.11. The van der Waals surface area contributed by atoms with Crippen molar-refractivity contribution in [1.82, 2.24) is 4.57 Å². The molecule has 2 N–H and O–H groups in total. The summed E-state index contributed by atoms with van der Waals surface area (Å²) in [5, 5.41) is 2.21.